The van der Waals surface area contributed by atoms with E-state index >= 15 is 0 Å². The molecule has 0 saturated heterocycles. The number of ether oxygens (including phenoxy) is 1. The summed E-state index contributed by atoms with van der Waals surface area (Å²) in [7, 11) is 1.38. The molecule has 1 amide bonds. The summed E-state index contributed by atoms with van der Waals surface area (Å²) in [5.41, 5.74) is 0. The molecule has 18 heavy (non-hydrogen) atoms. The number of rotatable bonds is 5. The van der Waals surface area contributed by atoms with Gasteiger partial charge in [0.15, 0.2) is 0 Å². The van der Waals surface area contributed by atoms with Gasteiger partial charge in [-0.15, -0.1) is 23.2 Å². The van der Waals surface area contributed by atoms with Crippen LogP contribution in [0, 0.1) is 5.92 Å². The Morgan fingerprint density at radius 1 is 1.33 bits per heavy atom. The van der Waals surface area contributed by atoms with E-state index in [0.717, 1.165) is 25.7 Å². The van der Waals surface area contributed by atoms with E-state index in [1.54, 1.807) is 0 Å². The lowest BCUT2D eigenvalue weighted by molar-refractivity contribution is 0.154. The largest absolute Gasteiger partial charge is 0.453 e. The molecule has 0 radical (unpaired) electrons. The van der Waals surface area contributed by atoms with Crippen LogP contribution >= 0.6 is 23.2 Å². The number of carbonyl (C=O) groups excluding carboxylic acids is 1. The number of methoxy groups -OCH3 is 1. The van der Waals surface area contributed by atoms with Gasteiger partial charge in [-0.3, -0.25) is 0 Å². The van der Waals surface area contributed by atoms with Crippen LogP contribution in [-0.2, 0) is 4.74 Å². The van der Waals surface area contributed by atoms with Crippen LogP contribution in [0.5, 0.6) is 0 Å². The molecule has 5 heteroatoms. The number of alkyl carbamates (subject to hydrolysis) is 1. The topological polar surface area (TPSA) is 38.3 Å². The summed E-state index contributed by atoms with van der Waals surface area (Å²) in [6.45, 7) is 2.18. The number of hydrogen-bond acceptors (Lipinski definition) is 2. The molecule has 1 fully saturated rings. The fourth-order valence-electron chi connectivity index (χ4n) is 2.61. The van der Waals surface area contributed by atoms with Crippen LogP contribution in [0.3, 0.4) is 0 Å². The minimum absolute atomic E-state index is 0.0352. The molecule has 4 atom stereocenters. The van der Waals surface area contributed by atoms with E-state index in [1.807, 2.05) is 0 Å². The summed E-state index contributed by atoms with van der Waals surface area (Å²) in [6.07, 6.45) is 5.78. The molecule has 1 aliphatic carbocycles. The summed E-state index contributed by atoms with van der Waals surface area (Å²) in [5, 5.41) is 2.96. The Balaban J connectivity index is 2.57. The van der Waals surface area contributed by atoms with E-state index in [9.17, 15) is 4.79 Å². The molecule has 4 unspecified atom stereocenters. The average molecular weight is 296 g/mol. The normalized spacial score (nSPS) is 32.0. The van der Waals surface area contributed by atoms with Gasteiger partial charge in [0.25, 0.3) is 0 Å². The number of nitrogens with one attached hydrogen (secondary N) is 1. The van der Waals surface area contributed by atoms with E-state index < -0.39 is 6.09 Å². The third-order valence-corrected chi connectivity index (χ3v) is 4.46. The molecule has 0 spiro atoms. The Hall–Kier alpha value is -0.150. The van der Waals surface area contributed by atoms with Crippen LogP contribution in [0.2, 0.25) is 0 Å². The highest BCUT2D eigenvalue weighted by Gasteiger charge is 2.36. The molecule has 1 saturated carbocycles. The van der Waals surface area contributed by atoms with Crippen LogP contribution < -0.4 is 5.32 Å². The first kappa shape index (κ1) is 15.9. The van der Waals surface area contributed by atoms with Crippen molar-refractivity contribution < 1.29 is 9.53 Å². The predicted molar refractivity (Wildman–Crippen MR) is 75.5 cm³/mol. The van der Waals surface area contributed by atoms with Gasteiger partial charge in [0.1, 0.15) is 0 Å². The monoisotopic (exact) mass is 295 g/mol. The zero-order valence-corrected chi connectivity index (χ0v) is 12.6. The maximum Gasteiger partial charge on any atom is 0.407 e. The number of hydrogen-bond donors (Lipinski definition) is 1. The van der Waals surface area contributed by atoms with E-state index in [1.165, 1.54) is 20.0 Å². The molecule has 0 bridgehead atoms. The van der Waals surface area contributed by atoms with Crippen molar-refractivity contribution in [2.75, 3.05) is 7.11 Å². The first-order valence-corrected chi connectivity index (χ1v) is 7.58. The first-order valence-electron chi connectivity index (χ1n) is 6.71. The van der Waals surface area contributed by atoms with Crippen LogP contribution in [0.1, 0.15) is 45.4 Å². The molecular formula is C13H23Cl2NO2. The Morgan fingerprint density at radius 2 is 2.06 bits per heavy atom. The Kier molecular flexibility index (Phi) is 7.16. The summed E-state index contributed by atoms with van der Waals surface area (Å²) in [5.74, 6) is 0.298. The van der Waals surface area contributed by atoms with Gasteiger partial charge in [0, 0.05) is 16.8 Å². The number of unbranched alkanes of at least 4 members (excludes halogenated alkanes) is 2. The van der Waals surface area contributed by atoms with Gasteiger partial charge < -0.3 is 10.1 Å². The molecule has 0 aromatic rings. The van der Waals surface area contributed by atoms with E-state index in [0.29, 0.717) is 5.92 Å². The molecule has 0 aliphatic heterocycles. The molecule has 1 aliphatic rings. The maximum absolute atomic E-state index is 11.3. The minimum Gasteiger partial charge on any atom is -0.453 e. The minimum atomic E-state index is -0.393. The molecule has 1 N–H and O–H groups in total. The average Bonchev–Trinajstić information content (AvgIpc) is 2.32. The van der Waals surface area contributed by atoms with E-state index in [-0.39, 0.29) is 16.8 Å². The van der Waals surface area contributed by atoms with Crippen molar-refractivity contribution in [3.05, 3.63) is 0 Å². The standard InChI is InChI=1S/C13H23Cl2NO2/c1-3-4-5-6-10-11(15)7-9(14)8-12(10)16-13(17)18-2/h9-12H,3-8H2,1-2H3,(H,16,17). The van der Waals surface area contributed by atoms with Crippen LogP contribution in [-0.4, -0.2) is 30.0 Å². The highest BCUT2D eigenvalue weighted by Crippen LogP contribution is 2.35. The van der Waals surface area contributed by atoms with Crippen molar-refractivity contribution in [2.45, 2.75) is 62.2 Å². The summed E-state index contributed by atoms with van der Waals surface area (Å²) in [4.78, 5) is 11.3. The van der Waals surface area contributed by atoms with Gasteiger partial charge in [-0.05, 0) is 25.2 Å². The number of halogens is 2. The van der Waals surface area contributed by atoms with Gasteiger partial charge in [-0.25, -0.2) is 4.79 Å². The summed E-state index contributed by atoms with van der Waals surface area (Å²) < 4.78 is 4.66. The van der Waals surface area contributed by atoms with E-state index in [2.05, 4.69) is 17.0 Å². The van der Waals surface area contributed by atoms with Crippen molar-refractivity contribution in [1.82, 2.24) is 5.32 Å². The molecule has 0 heterocycles. The third kappa shape index (κ3) is 4.85. The lowest BCUT2D eigenvalue weighted by atomic mass is 9.80. The lowest BCUT2D eigenvalue weighted by Crippen LogP contribution is -2.48. The first-order chi connectivity index (χ1) is 8.58. The summed E-state index contributed by atoms with van der Waals surface area (Å²) in [6, 6.07) is 0.0352. The Morgan fingerprint density at radius 3 is 2.67 bits per heavy atom. The smallest absolute Gasteiger partial charge is 0.407 e. The van der Waals surface area contributed by atoms with Gasteiger partial charge in [-0.2, -0.15) is 0 Å². The zero-order chi connectivity index (χ0) is 13.5. The second kappa shape index (κ2) is 8.11. The van der Waals surface area contributed by atoms with Crippen LogP contribution in [0.4, 0.5) is 4.79 Å². The second-order valence-electron chi connectivity index (χ2n) is 4.99. The van der Waals surface area contributed by atoms with Crippen molar-refractivity contribution in [1.29, 1.82) is 0 Å². The predicted octanol–water partition coefficient (Wildman–Crippen LogP) is 3.92. The van der Waals surface area contributed by atoms with Crippen molar-refractivity contribution in [2.24, 2.45) is 5.92 Å². The van der Waals surface area contributed by atoms with E-state index in [4.69, 9.17) is 23.2 Å². The number of carbonyl (C=O) groups is 1. The SMILES string of the molecule is CCCCCC1C(Cl)CC(Cl)CC1NC(=O)OC. The number of amides is 1. The Bertz CT molecular complexity index is 263. The molecule has 3 nitrogen and oxygen atoms in total. The molecule has 106 valence electrons. The molecule has 0 aromatic carbocycles. The van der Waals surface area contributed by atoms with Crippen molar-refractivity contribution in [3.8, 4) is 0 Å². The van der Waals surface area contributed by atoms with Gasteiger partial charge >= 0.3 is 6.09 Å². The van der Waals surface area contributed by atoms with Gasteiger partial charge in [-0.1, -0.05) is 26.2 Å². The van der Waals surface area contributed by atoms with Crippen LogP contribution in [0.25, 0.3) is 0 Å². The maximum atomic E-state index is 11.3. The quantitative estimate of drug-likeness (QED) is 0.617. The highest BCUT2D eigenvalue weighted by molar-refractivity contribution is 6.24. The van der Waals surface area contributed by atoms with Gasteiger partial charge in [0.2, 0.25) is 0 Å². The molecule has 1 rings (SSSR count). The lowest BCUT2D eigenvalue weighted by Gasteiger charge is -2.37. The number of alkyl halides is 2. The summed E-state index contributed by atoms with van der Waals surface area (Å²) >= 11 is 12.6. The van der Waals surface area contributed by atoms with Crippen LogP contribution in [0.15, 0.2) is 0 Å². The van der Waals surface area contributed by atoms with Gasteiger partial charge in [0.05, 0.1) is 7.11 Å². The highest BCUT2D eigenvalue weighted by atomic mass is 35.5. The zero-order valence-electron chi connectivity index (χ0n) is 11.1. The Labute approximate surface area is 120 Å². The fraction of sp³-hybridized carbons (Fsp3) is 0.923. The fourth-order valence-corrected chi connectivity index (χ4v) is 3.60. The van der Waals surface area contributed by atoms with Crippen molar-refractivity contribution >= 4 is 29.3 Å². The molecule has 0 aromatic heterocycles. The third-order valence-electron chi connectivity index (χ3n) is 3.60. The van der Waals surface area contributed by atoms with Crippen molar-refractivity contribution in [3.63, 3.8) is 0 Å². The molecular weight excluding hydrogens is 273 g/mol. The second-order valence-corrected chi connectivity index (χ2v) is 6.16.